The van der Waals surface area contributed by atoms with Gasteiger partial charge in [0.15, 0.2) is 11.6 Å². The first-order valence-electron chi connectivity index (χ1n) is 11.7. The largest absolute Gasteiger partial charge is 0.497 e. The van der Waals surface area contributed by atoms with Gasteiger partial charge in [0, 0.05) is 49.6 Å². The minimum atomic E-state index is -0.329. The van der Waals surface area contributed by atoms with Gasteiger partial charge in [-0.2, -0.15) is 0 Å². The molecule has 186 valence electrons. The van der Waals surface area contributed by atoms with E-state index in [4.69, 9.17) is 4.74 Å². The molecule has 0 unspecified atom stereocenters. The number of halogens is 1. The molecule has 0 spiro atoms. The molecule has 3 aromatic rings. The van der Waals surface area contributed by atoms with Crippen LogP contribution in [-0.4, -0.2) is 70.0 Å². The van der Waals surface area contributed by atoms with Crippen LogP contribution in [0.5, 0.6) is 0 Å². The van der Waals surface area contributed by atoms with Crippen molar-refractivity contribution in [3.8, 4) is 22.8 Å². The number of nitrogens with zero attached hydrogens (tertiary/aromatic N) is 6. The Bertz CT molecular complexity index is 1260. The van der Waals surface area contributed by atoms with E-state index in [0.29, 0.717) is 49.2 Å². The highest BCUT2D eigenvalue weighted by Gasteiger charge is 2.24. The molecule has 2 aromatic carbocycles. The van der Waals surface area contributed by atoms with Crippen molar-refractivity contribution in [1.29, 1.82) is 0 Å². The molecule has 1 aliphatic rings. The Hall–Kier alpha value is -4.27. The van der Waals surface area contributed by atoms with Crippen molar-refractivity contribution in [1.82, 2.24) is 24.6 Å². The Morgan fingerprint density at radius 3 is 2.36 bits per heavy atom. The molecule has 0 aliphatic carbocycles. The van der Waals surface area contributed by atoms with E-state index in [1.807, 2.05) is 42.2 Å². The van der Waals surface area contributed by atoms with Crippen LogP contribution in [0.4, 0.5) is 4.39 Å². The van der Waals surface area contributed by atoms with Crippen LogP contribution in [0.25, 0.3) is 22.8 Å². The van der Waals surface area contributed by atoms with Crippen molar-refractivity contribution in [2.45, 2.75) is 13.5 Å². The molecule has 0 atom stereocenters. The summed E-state index contributed by atoms with van der Waals surface area (Å²) in [4.78, 5) is 26.3. The fraction of sp³-hybridized carbons (Fsp3) is 0.259. The lowest BCUT2D eigenvalue weighted by molar-refractivity contribution is -0.133. The number of aromatic nitrogens is 3. The number of hydrogen-bond donors (Lipinski definition) is 0. The van der Waals surface area contributed by atoms with E-state index in [0.717, 1.165) is 11.4 Å². The number of allylic oxidation sites excluding steroid dienone is 1. The van der Waals surface area contributed by atoms with Gasteiger partial charge in [-0.15, -0.1) is 5.10 Å². The van der Waals surface area contributed by atoms with Gasteiger partial charge in [0.2, 0.25) is 5.91 Å². The molecule has 1 aliphatic heterocycles. The van der Waals surface area contributed by atoms with Gasteiger partial charge in [0.25, 0.3) is 0 Å². The molecular weight excluding hydrogens is 459 g/mol. The van der Waals surface area contributed by atoms with Gasteiger partial charge < -0.3 is 14.5 Å². The Morgan fingerprint density at radius 2 is 1.72 bits per heavy atom. The highest BCUT2D eigenvalue weighted by molar-refractivity contribution is 5.77. The van der Waals surface area contributed by atoms with E-state index < -0.39 is 0 Å². The third-order valence-corrected chi connectivity index (χ3v) is 5.86. The number of aliphatic imine (C=N–C) groups is 1. The molecule has 8 nitrogen and oxygen atoms in total. The number of carbonyl (C=O) groups excluding carboxylic acids is 1. The van der Waals surface area contributed by atoms with Gasteiger partial charge in [-0.1, -0.05) is 36.9 Å². The van der Waals surface area contributed by atoms with Crippen LogP contribution in [0, 0.1) is 5.82 Å². The van der Waals surface area contributed by atoms with Crippen molar-refractivity contribution < 1.29 is 13.9 Å². The van der Waals surface area contributed by atoms with E-state index in [1.165, 1.54) is 12.1 Å². The Labute approximate surface area is 210 Å². The first-order valence-corrected chi connectivity index (χ1v) is 11.7. The zero-order valence-electron chi connectivity index (χ0n) is 20.5. The smallest absolute Gasteiger partial charge is 0.244 e. The summed E-state index contributed by atoms with van der Waals surface area (Å²) in [6.07, 6.45) is 3.51. The number of carbonyl (C=O) groups is 1. The molecular formula is C27H29FN6O2. The van der Waals surface area contributed by atoms with Crippen LogP contribution >= 0.6 is 0 Å². The molecule has 0 bridgehead atoms. The summed E-state index contributed by atoms with van der Waals surface area (Å²) >= 11 is 0. The maximum atomic E-state index is 13.4. The number of piperazine rings is 1. The van der Waals surface area contributed by atoms with Gasteiger partial charge in [-0.3, -0.25) is 4.79 Å². The van der Waals surface area contributed by atoms with Gasteiger partial charge in [0.05, 0.1) is 7.11 Å². The summed E-state index contributed by atoms with van der Waals surface area (Å²) < 4.78 is 20.2. The molecule has 0 saturated carbocycles. The van der Waals surface area contributed by atoms with Crippen molar-refractivity contribution in [3.63, 3.8) is 0 Å². The van der Waals surface area contributed by atoms with Gasteiger partial charge in [0.1, 0.15) is 23.9 Å². The number of hydrogen-bond acceptors (Lipinski definition) is 6. The molecule has 36 heavy (non-hydrogen) atoms. The number of ether oxygens (including phenoxy) is 1. The Kier molecular flexibility index (Phi) is 7.89. The van der Waals surface area contributed by atoms with Crippen molar-refractivity contribution >= 4 is 12.1 Å². The fourth-order valence-electron chi connectivity index (χ4n) is 3.93. The SMILES string of the molecule is C=C(/C=C(\N=C/C)N1CCN(C(=O)Cn2nc(-c3ccc(F)cc3)nc2-c2ccccc2)CC1)OC. The summed E-state index contributed by atoms with van der Waals surface area (Å²) in [6, 6.07) is 15.6. The number of methoxy groups -OCH3 is 1. The van der Waals surface area contributed by atoms with Crippen molar-refractivity contribution in [2.75, 3.05) is 33.3 Å². The van der Waals surface area contributed by atoms with E-state index in [9.17, 15) is 9.18 Å². The summed E-state index contributed by atoms with van der Waals surface area (Å²) in [7, 11) is 1.57. The van der Waals surface area contributed by atoms with Crippen molar-refractivity contribution in [3.05, 3.63) is 84.6 Å². The van der Waals surface area contributed by atoms with Crippen LogP contribution in [0.3, 0.4) is 0 Å². The van der Waals surface area contributed by atoms with Gasteiger partial charge in [-0.25, -0.2) is 19.0 Å². The Morgan fingerprint density at radius 1 is 1.06 bits per heavy atom. The van der Waals surface area contributed by atoms with Crippen LogP contribution < -0.4 is 0 Å². The third kappa shape index (κ3) is 5.86. The molecule has 2 heterocycles. The van der Waals surface area contributed by atoms with Gasteiger partial charge >= 0.3 is 0 Å². The molecule has 1 aromatic heterocycles. The van der Waals surface area contributed by atoms with Crippen LogP contribution in [-0.2, 0) is 16.1 Å². The average Bonchev–Trinajstić information content (AvgIpc) is 3.33. The lowest BCUT2D eigenvalue weighted by Gasteiger charge is -2.36. The first-order chi connectivity index (χ1) is 17.5. The monoisotopic (exact) mass is 488 g/mol. The van der Waals surface area contributed by atoms with E-state index in [-0.39, 0.29) is 18.3 Å². The standard InChI is InChI=1S/C27H29FN6O2/c1-4-29-24(18-20(2)36-3)32-14-16-33(17-15-32)25(35)19-34-27(22-8-6-5-7-9-22)30-26(31-34)21-10-12-23(28)13-11-21/h4-13,18H,2,14-17,19H2,1,3H3/b24-18+,29-4-. The maximum Gasteiger partial charge on any atom is 0.244 e. The van der Waals surface area contributed by atoms with E-state index >= 15 is 0 Å². The van der Waals surface area contributed by atoms with E-state index in [1.54, 1.807) is 36.2 Å². The lowest BCUT2D eigenvalue weighted by Crippen LogP contribution is -2.49. The molecule has 4 rings (SSSR count). The predicted molar refractivity (Wildman–Crippen MR) is 137 cm³/mol. The highest BCUT2D eigenvalue weighted by atomic mass is 19.1. The molecule has 0 N–H and O–H groups in total. The van der Waals surface area contributed by atoms with Crippen LogP contribution in [0.15, 0.2) is 83.8 Å². The van der Waals surface area contributed by atoms with Gasteiger partial charge in [-0.05, 0) is 31.2 Å². The normalized spacial score (nSPS) is 14.4. The predicted octanol–water partition coefficient (Wildman–Crippen LogP) is 3.99. The quantitative estimate of drug-likeness (QED) is 0.272. The third-order valence-electron chi connectivity index (χ3n) is 5.86. The van der Waals surface area contributed by atoms with Crippen LogP contribution in [0.1, 0.15) is 6.92 Å². The minimum absolute atomic E-state index is 0.0480. The summed E-state index contributed by atoms with van der Waals surface area (Å²) in [5.74, 6) is 1.92. The second-order valence-electron chi connectivity index (χ2n) is 8.22. The van der Waals surface area contributed by atoms with Crippen molar-refractivity contribution in [2.24, 2.45) is 4.99 Å². The highest BCUT2D eigenvalue weighted by Crippen LogP contribution is 2.23. The molecule has 1 amide bonds. The minimum Gasteiger partial charge on any atom is -0.497 e. The molecule has 1 saturated heterocycles. The number of amides is 1. The average molecular weight is 489 g/mol. The maximum absolute atomic E-state index is 13.4. The molecule has 9 heteroatoms. The molecule has 0 radical (unpaired) electrons. The number of rotatable bonds is 8. The lowest BCUT2D eigenvalue weighted by atomic mass is 10.2. The second-order valence-corrected chi connectivity index (χ2v) is 8.22. The van der Waals surface area contributed by atoms with Crippen LogP contribution in [0.2, 0.25) is 0 Å². The summed E-state index contributed by atoms with van der Waals surface area (Å²) in [5, 5.41) is 4.60. The number of benzene rings is 2. The second kappa shape index (κ2) is 11.4. The van der Waals surface area contributed by atoms with E-state index in [2.05, 4.69) is 26.6 Å². The zero-order valence-corrected chi connectivity index (χ0v) is 20.5. The molecule has 1 fully saturated rings. The summed E-state index contributed by atoms with van der Waals surface area (Å²) in [5.41, 5.74) is 1.53. The first kappa shape index (κ1) is 24.8. The summed E-state index contributed by atoms with van der Waals surface area (Å²) in [6.45, 7) is 8.12. The Balaban J connectivity index is 1.51. The topological polar surface area (TPSA) is 75.9 Å². The fourth-order valence-corrected chi connectivity index (χ4v) is 3.93. The zero-order chi connectivity index (χ0) is 25.5.